The Morgan fingerprint density at radius 3 is 2.73 bits per heavy atom. The average molecular weight is 479 g/mol. The lowest BCUT2D eigenvalue weighted by Crippen LogP contribution is -2.28. The van der Waals surface area contributed by atoms with Gasteiger partial charge in [0.2, 0.25) is 0 Å². The highest BCUT2D eigenvalue weighted by Gasteiger charge is 2.56. The third kappa shape index (κ3) is 5.74. The van der Waals surface area contributed by atoms with E-state index >= 15 is 0 Å². The number of imidazole rings is 1. The average Bonchev–Trinajstić information content (AvgIpc) is 3.25. The minimum absolute atomic E-state index is 0.153. The van der Waals surface area contributed by atoms with E-state index in [9.17, 15) is 19.7 Å². The molecule has 0 amide bonds. The van der Waals surface area contributed by atoms with Gasteiger partial charge in [0.05, 0.1) is 38.8 Å². The smallest absolute Gasteiger partial charge is 0.353 e. The third-order valence-corrected chi connectivity index (χ3v) is 6.37. The number of aromatic nitrogens is 4. The zero-order valence-electron chi connectivity index (χ0n) is 17.7. The highest BCUT2D eigenvalue weighted by Crippen LogP contribution is 2.49. The molecule has 5 N–H and O–H groups in total. The lowest BCUT2D eigenvalue weighted by molar-refractivity contribution is -0.0300. The number of anilines is 1. The number of rotatable bonds is 12. The minimum atomic E-state index is -4.18. The van der Waals surface area contributed by atoms with Crippen LogP contribution >= 0.6 is 7.60 Å². The molecule has 2 aromatic heterocycles. The van der Waals surface area contributed by atoms with Gasteiger partial charge in [0.15, 0.2) is 11.5 Å². The molecule has 4 rings (SSSR count). The zero-order valence-corrected chi connectivity index (χ0v) is 18.6. The molecule has 3 unspecified atom stereocenters. The Hall–Kier alpha value is -2.44. The summed E-state index contributed by atoms with van der Waals surface area (Å²) >= 11 is 0. The summed E-state index contributed by atoms with van der Waals surface area (Å²) in [6.45, 7) is -0.294. The van der Waals surface area contributed by atoms with Crippen molar-refractivity contribution in [2.75, 3.05) is 25.3 Å². The second-order valence-electron chi connectivity index (χ2n) is 7.90. The molecule has 33 heavy (non-hydrogen) atoms. The molecule has 1 aromatic carbocycles. The van der Waals surface area contributed by atoms with Crippen LogP contribution in [-0.2, 0) is 31.7 Å². The SMILES string of the molecule is Nc1ncnc2c1ncn2CC1(OCP(=O)(O)OC[C@H](CO)OCc2ccccc2)CC1O. The summed E-state index contributed by atoms with van der Waals surface area (Å²) in [5.74, 6) is 0.228. The maximum atomic E-state index is 12.5. The third-order valence-electron chi connectivity index (χ3n) is 5.36. The van der Waals surface area contributed by atoms with Gasteiger partial charge in [-0.05, 0) is 5.56 Å². The Morgan fingerprint density at radius 1 is 1.27 bits per heavy atom. The van der Waals surface area contributed by atoms with Gasteiger partial charge >= 0.3 is 7.60 Å². The number of nitrogen functional groups attached to an aromatic ring is 1. The molecule has 0 bridgehead atoms. The van der Waals surface area contributed by atoms with Crippen molar-refractivity contribution in [3.8, 4) is 0 Å². The van der Waals surface area contributed by atoms with Crippen molar-refractivity contribution in [2.45, 2.75) is 37.4 Å². The first kappa shape index (κ1) is 23.7. The van der Waals surface area contributed by atoms with E-state index in [1.807, 2.05) is 30.3 Å². The Balaban J connectivity index is 1.30. The first-order chi connectivity index (χ1) is 15.8. The van der Waals surface area contributed by atoms with Crippen LogP contribution in [0.2, 0.25) is 0 Å². The number of hydrogen-bond acceptors (Lipinski definition) is 10. The second kappa shape index (κ2) is 9.82. The molecule has 178 valence electrons. The number of ether oxygens (including phenoxy) is 2. The first-order valence-electron chi connectivity index (χ1n) is 10.3. The summed E-state index contributed by atoms with van der Waals surface area (Å²) in [6.07, 6.45) is 0.829. The van der Waals surface area contributed by atoms with Crippen molar-refractivity contribution in [1.82, 2.24) is 19.5 Å². The van der Waals surface area contributed by atoms with Crippen LogP contribution in [0.5, 0.6) is 0 Å². The summed E-state index contributed by atoms with van der Waals surface area (Å²) in [7, 11) is -4.18. The van der Waals surface area contributed by atoms with Crippen LogP contribution in [-0.4, -0.2) is 72.0 Å². The fraction of sp³-hybridized carbons (Fsp3) is 0.450. The van der Waals surface area contributed by atoms with Crippen LogP contribution in [0.1, 0.15) is 12.0 Å². The topological polar surface area (TPSA) is 175 Å². The summed E-state index contributed by atoms with van der Waals surface area (Å²) < 4.78 is 30.4. The van der Waals surface area contributed by atoms with Crippen molar-refractivity contribution in [3.63, 3.8) is 0 Å². The molecule has 0 saturated heterocycles. The summed E-state index contributed by atoms with van der Waals surface area (Å²) in [5.41, 5.74) is 6.51. The lowest BCUT2D eigenvalue weighted by atomic mass is 10.2. The monoisotopic (exact) mass is 479 g/mol. The van der Waals surface area contributed by atoms with E-state index in [0.29, 0.717) is 11.2 Å². The molecule has 1 aliphatic carbocycles. The zero-order chi connectivity index (χ0) is 23.5. The Kier molecular flexibility index (Phi) is 7.05. The van der Waals surface area contributed by atoms with E-state index in [0.717, 1.165) is 5.56 Å². The number of nitrogens with zero attached hydrogens (tertiary/aromatic N) is 4. The highest BCUT2D eigenvalue weighted by molar-refractivity contribution is 7.52. The van der Waals surface area contributed by atoms with Gasteiger partial charge in [-0.2, -0.15) is 0 Å². The maximum Gasteiger partial charge on any atom is 0.353 e. The number of benzene rings is 1. The second-order valence-corrected chi connectivity index (χ2v) is 9.69. The van der Waals surface area contributed by atoms with Gasteiger partial charge in [-0.1, -0.05) is 30.3 Å². The van der Waals surface area contributed by atoms with Crippen LogP contribution in [0.4, 0.5) is 5.82 Å². The molecule has 0 radical (unpaired) electrons. The fourth-order valence-corrected chi connectivity index (χ4v) is 4.22. The normalized spacial score (nSPS) is 22.8. The molecule has 1 aliphatic rings. The largest absolute Gasteiger partial charge is 0.394 e. The quantitative estimate of drug-likeness (QED) is 0.269. The van der Waals surface area contributed by atoms with Crippen LogP contribution < -0.4 is 5.73 Å². The van der Waals surface area contributed by atoms with Crippen molar-refractivity contribution in [1.29, 1.82) is 0 Å². The van der Waals surface area contributed by atoms with E-state index < -0.39 is 31.8 Å². The van der Waals surface area contributed by atoms with Crippen LogP contribution in [0.15, 0.2) is 43.0 Å². The predicted molar refractivity (Wildman–Crippen MR) is 117 cm³/mol. The van der Waals surface area contributed by atoms with Gasteiger partial charge in [0.25, 0.3) is 0 Å². The van der Waals surface area contributed by atoms with E-state index in [1.54, 1.807) is 4.57 Å². The van der Waals surface area contributed by atoms with E-state index in [4.69, 9.17) is 19.7 Å². The van der Waals surface area contributed by atoms with Gasteiger partial charge in [0.1, 0.15) is 29.9 Å². The molecule has 0 aliphatic heterocycles. The summed E-state index contributed by atoms with van der Waals surface area (Å²) in [6, 6.07) is 9.33. The molecular weight excluding hydrogens is 453 g/mol. The van der Waals surface area contributed by atoms with Crippen molar-refractivity contribution in [2.24, 2.45) is 0 Å². The van der Waals surface area contributed by atoms with Gasteiger partial charge in [-0.25, -0.2) is 15.0 Å². The first-order valence-corrected chi connectivity index (χ1v) is 12.0. The molecule has 2 heterocycles. The van der Waals surface area contributed by atoms with Crippen molar-refractivity contribution >= 4 is 24.6 Å². The number of nitrogens with two attached hydrogens (primary N) is 1. The Morgan fingerprint density at radius 2 is 2.03 bits per heavy atom. The number of hydrogen-bond donors (Lipinski definition) is 4. The van der Waals surface area contributed by atoms with Crippen LogP contribution in [0.3, 0.4) is 0 Å². The summed E-state index contributed by atoms with van der Waals surface area (Å²) in [5, 5.41) is 19.6. The standard InChI is InChI=1S/C20H26N5O7P/c21-18-17-19(23-11-22-18)25(12-24-17)10-20(6-16(20)27)31-13-33(28,29)32-9-15(7-26)30-8-14-4-2-1-3-5-14/h1-5,11-12,15-16,26-27H,6-10,13H2,(H,28,29)(H2,21,22,23)/t15-,16?,20?/m0/s1. The van der Waals surface area contributed by atoms with Gasteiger partial charge < -0.3 is 39.4 Å². The van der Waals surface area contributed by atoms with E-state index in [2.05, 4.69) is 15.0 Å². The van der Waals surface area contributed by atoms with Gasteiger partial charge in [0, 0.05) is 6.42 Å². The van der Waals surface area contributed by atoms with Crippen LogP contribution in [0, 0.1) is 0 Å². The maximum absolute atomic E-state index is 12.5. The number of fused-ring (bicyclic) bond motifs is 1. The Labute approximate surface area is 189 Å². The molecule has 1 saturated carbocycles. The van der Waals surface area contributed by atoms with Crippen molar-refractivity contribution < 1.29 is 33.7 Å². The molecule has 1 fully saturated rings. The highest BCUT2D eigenvalue weighted by atomic mass is 31.2. The van der Waals surface area contributed by atoms with Gasteiger partial charge in [-0.15, -0.1) is 0 Å². The Bertz CT molecular complexity index is 1130. The van der Waals surface area contributed by atoms with E-state index in [1.165, 1.54) is 12.7 Å². The molecule has 0 spiro atoms. The summed E-state index contributed by atoms with van der Waals surface area (Å²) in [4.78, 5) is 22.4. The fourth-order valence-electron chi connectivity index (χ4n) is 3.33. The molecule has 13 heteroatoms. The van der Waals surface area contributed by atoms with Crippen molar-refractivity contribution in [3.05, 3.63) is 48.5 Å². The van der Waals surface area contributed by atoms with E-state index in [-0.39, 0.29) is 38.6 Å². The van der Waals surface area contributed by atoms with Gasteiger partial charge in [-0.3, -0.25) is 4.57 Å². The molecule has 12 nitrogen and oxygen atoms in total. The number of aliphatic hydroxyl groups excluding tert-OH is 2. The molecular formula is C20H26N5O7P. The van der Waals surface area contributed by atoms with Crippen LogP contribution in [0.25, 0.3) is 11.2 Å². The lowest BCUT2D eigenvalue weighted by Gasteiger charge is -2.22. The predicted octanol–water partition coefficient (Wildman–Crippen LogP) is 0.666. The molecule has 4 atom stereocenters. The molecule has 3 aromatic rings. The number of aliphatic hydroxyl groups is 2. The minimum Gasteiger partial charge on any atom is -0.394 e.